The molecule has 1 N–H and O–H groups in total. The number of hydrogen-bond acceptors (Lipinski definition) is 4. The first-order valence-electron chi connectivity index (χ1n) is 7.69. The van der Waals surface area contributed by atoms with Crippen molar-refractivity contribution >= 4 is 11.9 Å². The third-order valence-electron chi connectivity index (χ3n) is 3.68. The monoisotopic (exact) mass is 357 g/mol. The molecule has 0 radical (unpaired) electrons. The highest BCUT2D eigenvalue weighted by Gasteiger charge is 2.65. The van der Waals surface area contributed by atoms with Gasteiger partial charge in [0.25, 0.3) is 5.91 Å². The SMILES string of the molecule is CC(C)CN(CCC(=O)O)C(=O)c1cccc(C2(C(F)(F)F)N=N2)c1. The number of nitrogens with zero attached hydrogens (tertiary/aromatic N) is 3. The van der Waals surface area contributed by atoms with Crippen molar-refractivity contribution in [2.45, 2.75) is 32.1 Å². The van der Waals surface area contributed by atoms with Crippen LogP contribution in [0.5, 0.6) is 0 Å². The molecule has 6 nitrogen and oxygen atoms in total. The number of rotatable bonds is 7. The number of amides is 1. The topological polar surface area (TPSA) is 82.3 Å². The van der Waals surface area contributed by atoms with Crippen LogP contribution < -0.4 is 0 Å². The Morgan fingerprint density at radius 1 is 1.28 bits per heavy atom. The maximum atomic E-state index is 13.1. The second-order valence-electron chi connectivity index (χ2n) is 6.24. The normalized spacial score (nSPS) is 15.3. The van der Waals surface area contributed by atoms with Crippen molar-refractivity contribution in [3.05, 3.63) is 35.4 Å². The molecule has 0 unspecified atom stereocenters. The van der Waals surface area contributed by atoms with E-state index in [9.17, 15) is 22.8 Å². The summed E-state index contributed by atoms with van der Waals surface area (Å²) in [6.07, 6.45) is -4.91. The van der Waals surface area contributed by atoms with Crippen molar-refractivity contribution < 1.29 is 27.9 Å². The van der Waals surface area contributed by atoms with Crippen molar-refractivity contribution in [2.24, 2.45) is 16.1 Å². The van der Waals surface area contributed by atoms with Crippen molar-refractivity contribution in [3.63, 3.8) is 0 Å². The number of carboxylic acids is 1. The Morgan fingerprint density at radius 2 is 1.92 bits per heavy atom. The first kappa shape index (κ1) is 18.9. The standard InChI is InChI=1S/C16H18F3N3O3/c1-10(2)9-22(7-6-13(23)24)14(25)11-4-3-5-12(8-11)15(20-21-15)16(17,18)19/h3-5,8,10H,6-7,9H2,1-2H3,(H,23,24). The van der Waals surface area contributed by atoms with E-state index in [0.717, 1.165) is 6.07 Å². The van der Waals surface area contributed by atoms with Gasteiger partial charge in [-0.05, 0) is 18.1 Å². The molecule has 0 spiro atoms. The maximum Gasteiger partial charge on any atom is 0.442 e. The fourth-order valence-corrected chi connectivity index (χ4v) is 2.44. The largest absolute Gasteiger partial charge is 0.481 e. The van der Waals surface area contributed by atoms with Crippen LogP contribution in [0.3, 0.4) is 0 Å². The first-order valence-corrected chi connectivity index (χ1v) is 7.69. The second kappa shape index (κ2) is 6.81. The molecule has 0 aromatic heterocycles. The van der Waals surface area contributed by atoms with Crippen molar-refractivity contribution in [2.75, 3.05) is 13.1 Å². The average Bonchev–Trinajstić information content (AvgIpc) is 3.32. The van der Waals surface area contributed by atoms with Gasteiger partial charge >= 0.3 is 17.8 Å². The van der Waals surface area contributed by atoms with Crippen LogP contribution in [0.2, 0.25) is 0 Å². The lowest BCUT2D eigenvalue weighted by atomic mass is 9.99. The summed E-state index contributed by atoms with van der Waals surface area (Å²) in [4.78, 5) is 24.7. The zero-order valence-corrected chi connectivity index (χ0v) is 13.7. The molecule has 2 rings (SSSR count). The smallest absolute Gasteiger partial charge is 0.442 e. The summed E-state index contributed by atoms with van der Waals surface area (Å²) in [7, 11) is 0. The zero-order chi connectivity index (χ0) is 18.8. The van der Waals surface area contributed by atoms with Crippen LogP contribution in [0.1, 0.15) is 36.2 Å². The van der Waals surface area contributed by atoms with Crippen LogP contribution in [-0.2, 0) is 10.5 Å². The molecule has 0 aliphatic carbocycles. The molecule has 0 saturated heterocycles. The molecule has 136 valence electrons. The molecule has 1 amide bonds. The minimum atomic E-state index is -4.67. The molecule has 0 atom stereocenters. The van der Waals surface area contributed by atoms with E-state index in [2.05, 4.69) is 10.2 Å². The maximum absolute atomic E-state index is 13.1. The lowest BCUT2D eigenvalue weighted by molar-refractivity contribution is -0.166. The van der Waals surface area contributed by atoms with Gasteiger partial charge < -0.3 is 10.0 Å². The molecular formula is C16H18F3N3O3. The molecule has 0 saturated carbocycles. The second-order valence-corrected chi connectivity index (χ2v) is 6.24. The number of halogens is 3. The van der Waals surface area contributed by atoms with Gasteiger partial charge in [0.2, 0.25) is 0 Å². The Morgan fingerprint density at radius 3 is 2.40 bits per heavy atom. The highest BCUT2D eigenvalue weighted by Crippen LogP contribution is 2.52. The summed E-state index contributed by atoms with van der Waals surface area (Å²) >= 11 is 0. The molecule has 9 heteroatoms. The third-order valence-corrected chi connectivity index (χ3v) is 3.68. The lowest BCUT2D eigenvalue weighted by Gasteiger charge is -2.24. The number of carbonyl (C=O) groups is 2. The summed E-state index contributed by atoms with van der Waals surface area (Å²) in [6, 6.07) is 5.06. The molecule has 1 aliphatic rings. The summed E-state index contributed by atoms with van der Waals surface area (Å²) in [5.41, 5.74) is -2.77. The van der Waals surface area contributed by atoms with Gasteiger partial charge in [-0.2, -0.15) is 13.2 Å². The van der Waals surface area contributed by atoms with Gasteiger partial charge in [0.05, 0.1) is 6.42 Å². The summed E-state index contributed by atoms with van der Waals surface area (Å²) in [6.45, 7) is 4.00. The van der Waals surface area contributed by atoms with Crippen molar-refractivity contribution in [1.82, 2.24) is 4.90 Å². The zero-order valence-electron chi connectivity index (χ0n) is 13.7. The Hall–Kier alpha value is -2.45. The van der Waals surface area contributed by atoms with Gasteiger partial charge in [-0.3, -0.25) is 9.59 Å². The molecule has 0 bridgehead atoms. The van der Waals surface area contributed by atoms with Crippen LogP contribution in [0.25, 0.3) is 0 Å². The van der Waals surface area contributed by atoms with Crippen LogP contribution >= 0.6 is 0 Å². The lowest BCUT2D eigenvalue weighted by Crippen LogP contribution is -2.36. The van der Waals surface area contributed by atoms with Crippen LogP contribution in [0.4, 0.5) is 13.2 Å². The molecule has 1 aliphatic heterocycles. The van der Waals surface area contributed by atoms with E-state index in [1.807, 2.05) is 13.8 Å². The predicted molar refractivity (Wildman–Crippen MR) is 82.0 cm³/mol. The molecule has 25 heavy (non-hydrogen) atoms. The van der Waals surface area contributed by atoms with Crippen LogP contribution in [0, 0.1) is 5.92 Å². The van der Waals surface area contributed by atoms with Crippen LogP contribution in [-0.4, -0.2) is 41.1 Å². The van der Waals surface area contributed by atoms with E-state index in [1.165, 1.54) is 23.1 Å². The number of carboxylic acid groups (broad SMARTS) is 1. The fourth-order valence-electron chi connectivity index (χ4n) is 2.44. The number of benzene rings is 1. The van der Waals surface area contributed by atoms with Crippen LogP contribution in [0.15, 0.2) is 34.5 Å². The molecule has 1 aromatic carbocycles. The first-order chi connectivity index (χ1) is 11.6. The molecular weight excluding hydrogens is 339 g/mol. The van der Waals surface area contributed by atoms with E-state index >= 15 is 0 Å². The summed E-state index contributed by atoms with van der Waals surface area (Å²) in [5.74, 6) is -1.49. The predicted octanol–water partition coefficient (Wildman–Crippen LogP) is 3.44. The number of carbonyl (C=O) groups excluding carboxylic acids is 1. The van der Waals surface area contributed by atoms with Gasteiger partial charge in [-0.15, -0.1) is 10.2 Å². The number of hydrogen-bond donors (Lipinski definition) is 1. The van der Waals surface area contributed by atoms with Gasteiger partial charge in [0.15, 0.2) is 0 Å². The van der Waals surface area contributed by atoms with E-state index in [4.69, 9.17) is 5.11 Å². The Balaban J connectivity index is 2.25. The van der Waals surface area contributed by atoms with Gasteiger partial charge in [-0.25, -0.2) is 0 Å². The van der Waals surface area contributed by atoms with Crippen molar-refractivity contribution in [3.8, 4) is 0 Å². The van der Waals surface area contributed by atoms with E-state index in [1.54, 1.807) is 0 Å². The summed E-state index contributed by atoms with van der Waals surface area (Å²) in [5, 5.41) is 15.1. The Kier molecular flexibility index (Phi) is 5.15. The number of alkyl halides is 3. The quantitative estimate of drug-likeness (QED) is 0.811. The molecule has 1 aromatic rings. The van der Waals surface area contributed by atoms with Gasteiger partial charge in [-0.1, -0.05) is 26.0 Å². The van der Waals surface area contributed by atoms with E-state index in [0.29, 0.717) is 6.54 Å². The highest BCUT2D eigenvalue weighted by atomic mass is 19.4. The Labute approximate surface area is 142 Å². The number of aliphatic carboxylic acids is 1. The third kappa shape index (κ3) is 4.15. The molecule has 1 heterocycles. The van der Waals surface area contributed by atoms with Crippen molar-refractivity contribution in [1.29, 1.82) is 0 Å². The minimum Gasteiger partial charge on any atom is -0.481 e. The highest BCUT2D eigenvalue weighted by molar-refractivity contribution is 5.94. The average molecular weight is 357 g/mol. The van der Waals surface area contributed by atoms with E-state index < -0.39 is 23.7 Å². The summed E-state index contributed by atoms with van der Waals surface area (Å²) < 4.78 is 39.3. The molecule has 0 fully saturated rings. The Bertz CT molecular complexity index is 695. The van der Waals surface area contributed by atoms with E-state index in [-0.39, 0.29) is 30.0 Å². The van der Waals surface area contributed by atoms with Gasteiger partial charge in [0.1, 0.15) is 0 Å². The fraction of sp³-hybridized carbons (Fsp3) is 0.500. The van der Waals surface area contributed by atoms with Gasteiger partial charge in [0, 0.05) is 24.2 Å². The minimum absolute atomic E-state index is 0.0181.